The van der Waals surface area contributed by atoms with Gasteiger partial charge in [0.05, 0.1) is 10.6 Å². The number of likely N-dealkylation sites (tertiary alicyclic amines) is 1. The largest absolute Gasteiger partial charge is 0.349 e. The fraction of sp³-hybridized carbons (Fsp3) is 0.500. The number of benzene rings is 1. The topological polar surface area (TPSA) is 49.4 Å². The molecule has 1 aromatic rings. The molecule has 4 nitrogen and oxygen atoms in total. The normalized spacial score (nSPS) is 19.1. The molecule has 0 atom stereocenters. The van der Waals surface area contributed by atoms with Crippen LogP contribution in [0.15, 0.2) is 18.2 Å². The third kappa shape index (κ3) is 3.55. The number of amides is 2. The van der Waals surface area contributed by atoms with Gasteiger partial charge in [0.25, 0.3) is 5.91 Å². The molecule has 1 saturated heterocycles. The smallest absolute Gasteiger partial charge is 0.253 e. The molecule has 1 saturated carbocycles. The van der Waals surface area contributed by atoms with Crippen molar-refractivity contribution >= 4 is 35.0 Å². The van der Waals surface area contributed by atoms with Crippen LogP contribution in [-0.2, 0) is 4.79 Å². The molecule has 2 fully saturated rings. The first-order valence-corrected chi connectivity index (χ1v) is 8.35. The van der Waals surface area contributed by atoms with E-state index in [1.165, 1.54) is 0 Å². The number of halogens is 2. The Labute approximate surface area is 139 Å². The van der Waals surface area contributed by atoms with Crippen LogP contribution in [0.4, 0.5) is 0 Å². The number of rotatable bonds is 3. The van der Waals surface area contributed by atoms with E-state index in [1.54, 1.807) is 18.2 Å². The van der Waals surface area contributed by atoms with E-state index in [-0.39, 0.29) is 23.8 Å². The van der Waals surface area contributed by atoms with Crippen LogP contribution in [0.1, 0.15) is 36.0 Å². The Hall–Kier alpha value is -1.26. The van der Waals surface area contributed by atoms with Gasteiger partial charge >= 0.3 is 0 Å². The fourth-order valence-electron chi connectivity index (χ4n) is 2.77. The molecule has 1 aromatic carbocycles. The molecule has 1 N–H and O–H groups in total. The van der Waals surface area contributed by atoms with Crippen LogP contribution in [0.2, 0.25) is 10.0 Å². The van der Waals surface area contributed by atoms with E-state index in [9.17, 15) is 9.59 Å². The lowest BCUT2D eigenvalue weighted by Gasteiger charge is -2.32. The van der Waals surface area contributed by atoms with Gasteiger partial charge in [-0.1, -0.05) is 23.2 Å². The van der Waals surface area contributed by atoms with Gasteiger partial charge in [-0.05, 0) is 43.9 Å². The standard InChI is InChI=1S/C16H18Cl2N2O2/c17-11-3-4-13(14(18)9-11)15(21)19-12-5-7-20(8-6-12)16(22)10-1-2-10/h3-4,9-10,12H,1-2,5-8H2,(H,19,21). The summed E-state index contributed by atoms with van der Waals surface area (Å²) in [4.78, 5) is 26.2. The van der Waals surface area contributed by atoms with Gasteiger partial charge in [0.1, 0.15) is 0 Å². The van der Waals surface area contributed by atoms with Crippen LogP contribution in [-0.4, -0.2) is 35.8 Å². The van der Waals surface area contributed by atoms with Crippen LogP contribution in [0, 0.1) is 5.92 Å². The van der Waals surface area contributed by atoms with Gasteiger partial charge in [0.2, 0.25) is 5.91 Å². The maximum Gasteiger partial charge on any atom is 0.253 e. The van der Waals surface area contributed by atoms with Crippen molar-refractivity contribution in [1.82, 2.24) is 10.2 Å². The van der Waals surface area contributed by atoms with Gasteiger partial charge in [-0.25, -0.2) is 0 Å². The molecule has 0 spiro atoms. The second-order valence-corrected chi connectivity index (χ2v) is 6.82. The van der Waals surface area contributed by atoms with E-state index in [0.717, 1.165) is 25.7 Å². The molecule has 1 aliphatic carbocycles. The molecular weight excluding hydrogens is 323 g/mol. The van der Waals surface area contributed by atoms with Gasteiger partial charge in [-0.15, -0.1) is 0 Å². The molecule has 118 valence electrons. The highest BCUT2D eigenvalue weighted by Crippen LogP contribution is 2.32. The fourth-order valence-corrected chi connectivity index (χ4v) is 3.26. The summed E-state index contributed by atoms with van der Waals surface area (Å²) in [5, 5.41) is 3.86. The Morgan fingerprint density at radius 2 is 1.77 bits per heavy atom. The van der Waals surface area contributed by atoms with Gasteiger partial charge in [0.15, 0.2) is 0 Å². The van der Waals surface area contributed by atoms with Crippen LogP contribution < -0.4 is 5.32 Å². The van der Waals surface area contributed by atoms with Crippen molar-refractivity contribution in [1.29, 1.82) is 0 Å². The Kier molecular flexibility index (Phi) is 4.59. The first-order valence-electron chi connectivity index (χ1n) is 7.59. The number of hydrogen-bond acceptors (Lipinski definition) is 2. The number of carbonyl (C=O) groups excluding carboxylic acids is 2. The summed E-state index contributed by atoms with van der Waals surface area (Å²) >= 11 is 11.9. The summed E-state index contributed by atoms with van der Waals surface area (Å²) in [5.41, 5.74) is 0.433. The predicted octanol–water partition coefficient (Wildman–Crippen LogP) is 3.12. The molecule has 1 heterocycles. The van der Waals surface area contributed by atoms with Gasteiger partial charge in [-0.2, -0.15) is 0 Å². The highest BCUT2D eigenvalue weighted by Gasteiger charge is 2.35. The highest BCUT2D eigenvalue weighted by atomic mass is 35.5. The molecule has 0 unspecified atom stereocenters. The van der Waals surface area contributed by atoms with Crippen molar-refractivity contribution in [3.05, 3.63) is 33.8 Å². The number of nitrogens with zero attached hydrogens (tertiary/aromatic N) is 1. The minimum absolute atomic E-state index is 0.0856. The quantitative estimate of drug-likeness (QED) is 0.918. The molecule has 0 aromatic heterocycles. The van der Waals surface area contributed by atoms with Crippen molar-refractivity contribution in [2.45, 2.75) is 31.7 Å². The van der Waals surface area contributed by atoms with E-state index in [1.807, 2.05) is 4.90 Å². The number of hydrogen-bond donors (Lipinski definition) is 1. The van der Waals surface area contributed by atoms with E-state index < -0.39 is 0 Å². The molecule has 2 aliphatic rings. The Morgan fingerprint density at radius 1 is 1.09 bits per heavy atom. The van der Waals surface area contributed by atoms with Crippen LogP contribution >= 0.6 is 23.2 Å². The molecule has 3 rings (SSSR count). The van der Waals surface area contributed by atoms with E-state index in [4.69, 9.17) is 23.2 Å². The summed E-state index contributed by atoms with van der Waals surface area (Å²) in [6.07, 6.45) is 3.64. The SMILES string of the molecule is O=C(NC1CCN(C(=O)C2CC2)CC1)c1ccc(Cl)cc1Cl. The zero-order chi connectivity index (χ0) is 15.7. The Morgan fingerprint density at radius 3 is 2.36 bits per heavy atom. The second kappa shape index (κ2) is 6.47. The average Bonchev–Trinajstić information content (AvgIpc) is 3.31. The van der Waals surface area contributed by atoms with Crippen molar-refractivity contribution in [3.63, 3.8) is 0 Å². The molecule has 22 heavy (non-hydrogen) atoms. The van der Waals surface area contributed by atoms with Crippen molar-refractivity contribution in [2.75, 3.05) is 13.1 Å². The van der Waals surface area contributed by atoms with Crippen LogP contribution in [0.25, 0.3) is 0 Å². The van der Waals surface area contributed by atoms with Crippen LogP contribution in [0.5, 0.6) is 0 Å². The van der Waals surface area contributed by atoms with E-state index in [0.29, 0.717) is 28.7 Å². The summed E-state index contributed by atoms with van der Waals surface area (Å²) in [6, 6.07) is 4.93. The predicted molar refractivity (Wildman–Crippen MR) is 86.3 cm³/mol. The van der Waals surface area contributed by atoms with Gasteiger partial charge in [-0.3, -0.25) is 9.59 Å². The number of piperidine rings is 1. The third-order valence-electron chi connectivity index (χ3n) is 4.24. The minimum Gasteiger partial charge on any atom is -0.349 e. The third-order valence-corrected chi connectivity index (χ3v) is 4.79. The summed E-state index contributed by atoms with van der Waals surface area (Å²) < 4.78 is 0. The van der Waals surface area contributed by atoms with Crippen LogP contribution in [0.3, 0.4) is 0 Å². The summed E-state index contributed by atoms with van der Waals surface area (Å²) in [5.74, 6) is 0.359. The maximum absolute atomic E-state index is 12.3. The molecule has 0 radical (unpaired) electrons. The van der Waals surface area contributed by atoms with E-state index in [2.05, 4.69) is 5.32 Å². The molecule has 2 amide bonds. The zero-order valence-corrected chi connectivity index (χ0v) is 13.7. The molecule has 6 heteroatoms. The lowest BCUT2D eigenvalue weighted by Crippen LogP contribution is -2.47. The monoisotopic (exact) mass is 340 g/mol. The van der Waals surface area contributed by atoms with Gasteiger partial charge < -0.3 is 10.2 Å². The zero-order valence-electron chi connectivity index (χ0n) is 12.1. The lowest BCUT2D eigenvalue weighted by molar-refractivity contribution is -0.133. The molecule has 1 aliphatic heterocycles. The molecule has 0 bridgehead atoms. The Balaban J connectivity index is 1.53. The van der Waals surface area contributed by atoms with Crippen molar-refractivity contribution in [2.24, 2.45) is 5.92 Å². The maximum atomic E-state index is 12.3. The highest BCUT2D eigenvalue weighted by molar-refractivity contribution is 6.36. The first-order chi connectivity index (χ1) is 10.5. The number of carbonyl (C=O) groups is 2. The second-order valence-electron chi connectivity index (χ2n) is 5.97. The number of nitrogens with one attached hydrogen (secondary N) is 1. The lowest BCUT2D eigenvalue weighted by atomic mass is 10.0. The van der Waals surface area contributed by atoms with Crippen molar-refractivity contribution in [3.8, 4) is 0 Å². The van der Waals surface area contributed by atoms with Gasteiger partial charge in [0, 0.05) is 30.1 Å². The Bertz CT molecular complexity index is 594. The van der Waals surface area contributed by atoms with E-state index >= 15 is 0 Å². The minimum atomic E-state index is -0.186. The summed E-state index contributed by atoms with van der Waals surface area (Å²) in [6.45, 7) is 1.43. The molecular formula is C16H18Cl2N2O2. The first kappa shape index (κ1) is 15.6. The summed E-state index contributed by atoms with van der Waals surface area (Å²) in [7, 11) is 0. The van der Waals surface area contributed by atoms with Crippen molar-refractivity contribution < 1.29 is 9.59 Å². The average molecular weight is 341 g/mol.